The van der Waals surface area contributed by atoms with Crippen molar-refractivity contribution in [3.8, 4) is 5.75 Å². The summed E-state index contributed by atoms with van der Waals surface area (Å²) in [5, 5.41) is 13.0. The predicted octanol–water partition coefficient (Wildman–Crippen LogP) is 7.52. The number of nitrogens with one attached hydrogen (secondary N) is 1. The highest BCUT2D eigenvalue weighted by molar-refractivity contribution is 5.89. The average molecular weight is 546 g/mol. The Hall–Kier alpha value is -2.49. The third-order valence-electron chi connectivity index (χ3n) is 7.91. The lowest BCUT2D eigenvalue weighted by Crippen LogP contribution is -2.35. The molecule has 0 spiro atoms. The van der Waals surface area contributed by atoms with Crippen LogP contribution in [-0.2, 0) is 17.4 Å². The van der Waals surface area contributed by atoms with E-state index in [2.05, 4.69) is 5.32 Å². The fourth-order valence-corrected chi connectivity index (χ4v) is 5.72. The van der Waals surface area contributed by atoms with Gasteiger partial charge >= 0.3 is 18.3 Å². The Morgan fingerprint density at radius 3 is 2.18 bits per heavy atom. The summed E-state index contributed by atoms with van der Waals surface area (Å²) in [6, 6.07) is 8.07. The van der Waals surface area contributed by atoms with Gasteiger partial charge in [-0.3, -0.25) is 4.79 Å². The minimum atomic E-state index is -4.69. The average Bonchev–Trinajstić information content (AvgIpc) is 2.85. The van der Waals surface area contributed by atoms with Crippen LogP contribution in [0.5, 0.6) is 5.75 Å². The third-order valence-corrected chi connectivity index (χ3v) is 7.91. The van der Waals surface area contributed by atoms with Crippen molar-refractivity contribution >= 4 is 16.7 Å². The quantitative estimate of drug-likeness (QED) is 0.266. The highest BCUT2D eigenvalue weighted by atomic mass is 19.4. The van der Waals surface area contributed by atoms with Gasteiger partial charge in [0.25, 0.3) is 0 Å². The molecule has 0 radical (unpaired) electrons. The van der Waals surface area contributed by atoms with Crippen molar-refractivity contribution in [1.29, 1.82) is 0 Å². The monoisotopic (exact) mass is 545 g/mol. The molecule has 10 heteroatoms. The number of aliphatic carboxylic acids is 1. The van der Waals surface area contributed by atoms with Crippen molar-refractivity contribution < 1.29 is 41.0 Å². The van der Waals surface area contributed by atoms with Crippen LogP contribution >= 0.6 is 0 Å². The molecule has 38 heavy (non-hydrogen) atoms. The van der Waals surface area contributed by atoms with Gasteiger partial charge in [0.1, 0.15) is 11.3 Å². The van der Waals surface area contributed by atoms with Crippen molar-refractivity contribution in [2.75, 3.05) is 6.54 Å². The van der Waals surface area contributed by atoms with E-state index >= 15 is 0 Å². The van der Waals surface area contributed by atoms with Gasteiger partial charge in [-0.2, -0.15) is 26.3 Å². The van der Waals surface area contributed by atoms with E-state index in [9.17, 15) is 31.1 Å². The van der Waals surface area contributed by atoms with Gasteiger partial charge in [0.15, 0.2) is 0 Å². The number of carbonyl (C=O) groups is 1. The summed E-state index contributed by atoms with van der Waals surface area (Å²) in [6.07, 6.45) is -5.69. The predicted molar refractivity (Wildman–Crippen MR) is 131 cm³/mol. The zero-order valence-corrected chi connectivity index (χ0v) is 21.0. The lowest BCUT2D eigenvalue weighted by Gasteiger charge is -2.31. The molecule has 0 aliphatic heterocycles. The van der Waals surface area contributed by atoms with E-state index in [4.69, 9.17) is 9.84 Å². The zero-order chi connectivity index (χ0) is 27.5. The molecule has 4 nitrogen and oxygen atoms in total. The smallest absolute Gasteiger partial charge is 0.420 e. The van der Waals surface area contributed by atoms with Gasteiger partial charge in [-0.15, -0.1) is 0 Å². The Kier molecular flexibility index (Phi) is 8.79. The van der Waals surface area contributed by atoms with E-state index in [0.29, 0.717) is 37.6 Å². The molecule has 210 valence electrons. The molecule has 2 aliphatic rings. The summed E-state index contributed by atoms with van der Waals surface area (Å²) >= 11 is 0. The Labute approximate surface area is 217 Å². The number of ether oxygens (including phenoxy) is 1. The molecular weight excluding hydrogens is 512 g/mol. The lowest BCUT2D eigenvalue weighted by atomic mass is 9.86. The summed E-state index contributed by atoms with van der Waals surface area (Å²) in [7, 11) is 0. The van der Waals surface area contributed by atoms with Crippen molar-refractivity contribution in [3.05, 3.63) is 41.5 Å². The molecule has 0 atom stereocenters. The molecule has 0 aromatic heterocycles. The van der Waals surface area contributed by atoms with Gasteiger partial charge in [0.05, 0.1) is 17.9 Å². The van der Waals surface area contributed by atoms with Crippen LogP contribution < -0.4 is 10.1 Å². The van der Waals surface area contributed by atoms with Crippen molar-refractivity contribution in [1.82, 2.24) is 5.32 Å². The number of carboxylic acids is 1. The summed E-state index contributed by atoms with van der Waals surface area (Å²) in [5.41, 5.74) is -0.134. The highest BCUT2D eigenvalue weighted by Crippen LogP contribution is 2.44. The van der Waals surface area contributed by atoms with E-state index in [1.807, 2.05) is 0 Å². The molecular formula is C28H33F6NO3. The van der Waals surface area contributed by atoms with Crippen LogP contribution in [0, 0.1) is 11.8 Å². The van der Waals surface area contributed by atoms with Gasteiger partial charge in [0, 0.05) is 6.04 Å². The Morgan fingerprint density at radius 1 is 0.921 bits per heavy atom. The molecule has 2 fully saturated rings. The van der Waals surface area contributed by atoms with Crippen LogP contribution in [-0.4, -0.2) is 35.9 Å². The Bertz CT molecular complexity index is 1100. The summed E-state index contributed by atoms with van der Waals surface area (Å²) in [4.78, 5) is 11.1. The van der Waals surface area contributed by atoms with Crippen LogP contribution in [0.25, 0.3) is 10.8 Å². The van der Waals surface area contributed by atoms with Crippen LogP contribution in [0.15, 0.2) is 30.3 Å². The van der Waals surface area contributed by atoms with Crippen LogP contribution in [0.4, 0.5) is 26.3 Å². The molecule has 2 saturated carbocycles. The molecule has 2 aromatic carbocycles. The molecule has 0 bridgehead atoms. The number of alkyl halides is 6. The largest absolute Gasteiger partial charge is 0.490 e. The number of hydrogen-bond acceptors (Lipinski definition) is 3. The first-order chi connectivity index (χ1) is 17.9. The normalized spacial score (nSPS) is 24.9. The molecule has 0 saturated heterocycles. The number of halogens is 6. The number of aryl methyl sites for hydroxylation is 1. The molecule has 0 unspecified atom stereocenters. The number of hydrogen-bond donors (Lipinski definition) is 2. The molecule has 2 N–H and O–H groups in total. The lowest BCUT2D eigenvalue weighted by molar-refractivity contribution is -0.185. The number of carboxylic acid groups (broad SMARTS) is 1. The summed E-state index contributed by atoms with van der Waals surface area (Å²) in [6.45, 7) is 0.677. The molecule has 2 aromatic rings. The second-order valence-electron chi connectivity index (χ2n) is 10.6. The van der Waals surface area contributed by atoms with E-state index in [1.54, 1.807) is 18.2 Å². The van der Waals surface area contributed by atoms with Gasteiger partial charge in [0.2, 0.25) is 0 Å². The maximum atomic E-state index is 14.2. The number of rotatable bonds is 8. The van der Waals surface area contributed by atoms with E-state index in [1.165, 1.54) is 12.1 Å². The molecule has 0 amide bonds. The SMILES string of the molecule is O=C(O)C1CCC(NCCCc2ccc3ccc(OC4CCC(C(F)(F)F)CC4)c(C(F)(F)F)c3c2)CC1. The molecule has 2 aliphatic carbocycles. The van der Waals surface area contributed by atoms with Gasteiger partial charge in [-0.1, -0.05) is 24.3 Å². The topological polar surface area (TPSA) is 58.6 Å². The standard InChI is InChI=1S/C28H33F6NO3/c29-27(30,31)20-8-12-22(13-9-20)38-24-14-7-18-4-3-17(16-23(18)25(24)28(32,33)34)2-1-15-35-21-10-5-19(6-11-21)26(36)37/h3-4,7,14,16,19-22,35H,1-2,5-6,8-13,15H2,(H,36,37). The third kappa shape index (κ3) is 7.12. The summed E-state index contributed by atoms with van der Waals surface area (Å²) < 4.78 is 87.2. The second-order valence-corrected chi connectivity index (χ2v) is 10.6. The van der Waals surface area contributed by atoms with Crippen molar-refractivity contribution in [2.45, 2.75) is 88.7 Å². The first kappa shape index (κ1) is 28.5. The minimum Gasteiger partial charge on any atom is -0.490 e. The van der Waals surface area contributed by atoms with E-state index in [0.717, 1.165) is 18.4 Å². The fraction of sp³-hybridized carbons (Fsp3) is 0.607. The highest BCUT2D eigenvalue weighted by Gasteiger charge is 2.42. The fourth-order valence-electron chi connectivity index (χ4n) is 5.72. The Balaban J connectivity index is 1.40. The number of fused-ring (bicyclic) bond motifs is 1. The van der Waals surface area contributed by atoms with Gasteiger partial charge in [-0.25, -0.2) is 0 Å². The molecule has 4 rings (SSSR count). The first-order valence-electron chi connectivity index (χ1n) is 13.2. The molecule has 0 heterocycles. The van der Waals surface area contributed by atoms with Crippen LogP contribution in [0.1, 0.15) is 68.9 Å². The van der Waals surface area contributed by atoms with E-state index in [-0.39, 0.29) is 48.8 Å². The first-order valence-corrected chi connectivity index (χ1v) is 13.2. The van der Waals surface area contributed by atoms with E-state index < -0.39 is 35.9 Å². The van der Waals surface area contributed by atoms with Crippen molar-refractivity contribution in [2.24, 2.45) is 11.8 Å². The van der Waals surface area contributed by atoms with Crippen LogP contribution in [0.2, 0.25) is 0 Å². The summed E-state index contributed by atoms with van der Waals surface area (Å²) in [5.74, 6) is -2.80. The van der Waals surface area contributed by atoms with Gasteiger partial charge < -0.3 is 15.2 Å². The Morgan fingerprint density at radius 2 is 1.58 bits per heavy atom. The number of benzene rings is 2. The minimum absolute atomic E-state index is 0.0245. The van der Waals surface area contributed by atoms with Crippen molar-refractivity contribution in [3.63, 3.8) is 0 Å². The van der Waals surface area contributed by atoms with Crippen LogP contribution in [0.3, 0.4) is 0 Å². The second kappa shape index (κ2) is 11.7. The van der Waals surface area contributed by atoms with Gasteiger partial charge in [-0.05, 0) is 93.2 Å². The maximum absolute atomic E-state index is 14.2. The maximum Gasteiger partial charge on any atom is 0.420 e. The zero-order valence-electron chi connectivity index (χ0n) is 21.0.